The second-order valence-corrected chi connectivity index (χ2v) is 3.88. The highest BCUT2D eigenvalue weighted by Crippen LogP contribution is 2.18. The van der Waals surface area contributed by atoms with Crippen LogP contribution in [0.3, 0.4) is 0 Å². The average Bonchev–Trinajstić information content (AvgIpc) is 2.66. The summed E-state index contributed by atoms with van der Waals surface area (Å²) in [4.78, 5) is 28.2. The van der Waals surface area contributed by atoms with Gasteiger partial charge in [0.15, 0.2) is 6.29 Å². The van der Waals surface area contributed by atoms with Gasteiger partial charge in [-0.2, -0.15) is 0 Å². The molecule has 6 nitrogen and oxygen atoms in total. The molecular formula is C11H15N3O3. The molecule has 0 spiro atoms. The predicted octanol–water partition coefficient (Wildman–Crippen LogP) is 0.976. The van der Waals surface area contributed by atoms with Gasteiger partial charge < -0.3 is 14.2 Å². The molecule has 1 aromatic heterocycles. The van der Waals surface area contributed by atoms with E-state index in [4.69, 9.17) is 4.74 Å². The minimum absolute atomic E-state index is 0.338. The molecular weight excluding hydrogens is 222 g/mol. The van der Waals surface area contributed by atoms with E-state index in [0.717, 1.165) is 17.8 Å². The van der Waals surface area contributed by atoms with E-state index in [1.807, 2.05) is 11.5 Å². The van der Waals surface area contributed by atoms with Crippen LogP contribution in [0.15, 0.2) is 0 Å². The van der Waals surface area contributed by atoms with Crippen LogP contribution < -0.4 is 0 Å². The van der Waals surface area contributed by atoms with Crippen LogP contribution in [-0.4, -0.2) is 40.0 Å². The Hall–Kier alpha value is -1.85. The summed E-state index contributed by atoms with van der Waals surface area (Å²) in [6, 6.07) is 0. The summed E-state index contributed by atoms with van der Waals surface area (Å²) in [7, 11) is 0. The van der Waals surface area contributed by atoms with Gasteiger partial charge in [0.05, 0.1) is 18.8 Å². The highest BCUT2D eigenvalue weighted by atomic mass is 16.6. The predicted molar refractivity (Wildman–Crippen MR) is 59.8 cm³/mol. The number of carbonyl (C=O) groups excluding carboxylic acids is 2. The third kappa shape index (κ3) is 2.02. The summed E-state index contributed by atoms with van der Waals surface area (Å²) < 4.78 is 6.92. The Morgan fingerprint density at radius 3 is 2.94 bits per heavy atom. The van der Waals surface area contributed by atoms with Crippen molar-refractivity contribution in [2.24, 2.45) is 0 Å². The van der Waals surface area contributed by atoms with Crippen LogP contribution in [0.25, 0.3) is 0 Å². The Labute approximate surface area is 99.2 Å². The van der Waals surface area contributed by atoms with Gasteiger partial charge in [-0.1, -0.05) is 0 Å². The van der Waals surface area contributed by atoms with Crippen LogP contribution in [0.2, 0.25) is 0 Å². The van der Waals surface area contributed by atoms with Crippen molar-refractivity contribution in [3.63, 3.8) is 0 Å². The molecule has 0 bridgehead atoms. The van der Waals surface area contributed by atoms with E-state index < -0.39 is 0 Å². The minimum atomic E-state index is -0.338. The van der Waals surface area contributed by atoms with Crippen molar-refractivity contribution in [1.82, 2.24) is 14.5 Å². The maximum absolute atomic E-state index is 11.6. The fraction of sp³-hybridized carbons (Fsp3) is 0.545. The number of fused-ring (bicyclic) bond motifs is 1. The van der Waals surface area contributed by atoms with Crippen molar-refractivity contribution in [3.05, 3.63) is 17.2 Å². The number of rotatable bonds is 2. The fourth-order valence-electron chi connectivity index (χ4n) is 2.04. The van der Waals surface area contributed by atoms with Crippen LogP contribution in [0.4, 0.5) is 4.79 Å². The Bertz CT molecular complexity index is 453. The zero-order valence-corrected chi connectivity index (χ0v) is 9.97. The molecule has 0 atom stereocenters. The van der Waals surface area contributed by atoms with Gasteiger partial charge in [-0.25, -0.2) is 9.78 Å². The highest BCUT2D eigenvalue weighted by Gasteiger charge is 2.25. The van der Waals surface area contributed by atoms with Gasteiger partial charge in [-0.05, 0) is 13.8 Å². The molecule has 0 aliphatic carbocycles. The first kappa shape index (κ1) is 11.6. The van der Waals surface area contributed by atoms with Crippen molar-refractivity contribution in [1.29, 1.82) is 0 Å². The van der Waals surface area contributed by atoms with Crippen LogP contribution >= 0.6 is 0 Å². The second kappa shape index (κ2) is 4.57. The SMILES string of the molecule is CCOC(=O)N1CCn2c(C)nc(C=O)c2C1. The lowest BCUT2D eigenvalue weighted by Crippen LogP contribution is -2.39. The van der Waals surface area contributed by atoms with Crippen molar-refractivity contribution in [2.45, 2.75) is 26.9 Å². The maximum atomic E-state index is 11.6. The number of nitrogens with zero attached hydrogens (tertiary/aromatic N) is 3. The molecule has 0 N–H and O–H groups in total. The number of aldehydes is 1. The van der Waals surface area contributed by atoms with Gasteiger partial charge in [0.25, 0.3) is 0 Å². The first-order valence-electron chi connectivity index (χ1n) is 5.60. The summed E-state index contributed by atoms with van der Waals surface area (Å²) in [5, 5.41) is 0. The van der Waals surface area contributed by atoms with E-state index in [-0.39, 0.29) is 6.09 Å². The molecule has 1 amide bonds. The van der Waals surface area contributed by atoms with E-state index >= 15 is 0 Å². The van der Waals surface area contributed by atoms with Gasteiger partial charge in [0.2, 0.25) is 0 Å². The van der Waals surface area contributed by atoms with E-state index in [1.54, 1.807) is 11.8 Å². The molecule has 92 valence electrons. The van der Waals surface area contributed by atoms with Crippen molar-refractivity contribution in [2.75, 3.05) is 13.2 Å². The lowest BCUT2D eigenvalue weighted by molar-refractivity contribution is 0.0960. The quantitative estimate of drug-likeness (QED) is 0.719. The molecule has 0 saturated heterocycles. The van der Waals surface area contributed by atoms with Gasteiger partial charge in [0.1, 0.15) is 11.5 Å². The normalized spacial score (nSPS) is 14.4. The van der Waals surface area contributed by atoms with Crippen molar-refractivity contribution in [3.8, 4) is 0 Å². The Morgan fingerprint density at radius 2 is 2.29 bits per heavy atom. The molecule has 6 heteroatoms. The average molecular weight is 237 g/mol. The molecule has 0 radical (unpaired) electrons. The third-order valence-corrected chi connectivity index (χ3v) is 2.87. The van der Waals surface area contributed by atoms with Crippen molar-refractivity contribution >= 4 is 12.4 Å². The Balaban J connectivity index is 2.23. The molecule has 0 saturated carbocycles. The molecule has 0 fully saturated rings. The highest BCUT2D eigenvalue weighted by molar-refractivity contribution is 5.75. The van der Waals surface area contributed by atoms with E-state index in [9.17, 15) is 9.59 Å². The largest absolute Gasteiger partial charge is 0.450 e. The summed E-state index contributed by atoms with van der Waals surface area (Å²) in [6.45, 7) is 5.60. The van der Waals surface area contributed by atoms with Gasteiger partial charge in [-0.3, -0.25) is 4.79 Å². The van der Waals surface area contributed by atoms with Gasteiger partial charge in [0, 0.05) is 13.1 Å². The fourth-order valence-corrected chi connectivity index (χ4v) is 2.04. The number of imidazole rings is 1. The van der Waals surface area contributed by atoms with Crippen LogP contribution in [0, 0.1) is 6.92 Å². The van der Waals surface area contributed by atoms with E-state index in [1.165, 1.54) is 0 Å². The van der Waals surface area contributed by atoms with Crippen LogP contribution in [0.1, 0.15) is 28.9 Å². The first-order valence-corrected chi connectivity index (χ1v) is 5.60. The zero-order valence-electron chi connectivity index (χ0n) is 9.97. The standard InChI is InChI=1S/C11H15N3O3/c1-3-17-11(16)13-4-5-14-8(2)12-9(7-15)10(14)6-13/h7H,3-6H2,1-2H3. The Morgan fingerprint density at radius 1 is 1.53 bits per heavy atom. The van der Waals surface area contributed by atoms with Crippen LogP contribution in [0.5, 0.6) is 0 Å². The molecule has 17 heavy (non-hydrogen) atoms. The molecule has 1 aliphatic rings. The number of ether oxygens (including phenoxy) is 1. The number of amides is 1. The molecule has 2 heterocycles. The summed E-state index contributed by atoms with van der Waals surface area (Å²) in [6.07, 6.45) is 0.391. The van der Waals surface area contributed by atoms with E-state index in [2.05, 4.69) is 4.98 Å². The van der Waals surface area contributed by atoms with Crippen LogP contribution in [-0.2, 0) is 17.8 Å². The number of hydrogen-bond acceptors (Lipinski definition) is 4. The number of aromatic nitrogens is 2. The Kier molecular flexibility index (Phi) is 3.12. The number of carbonyl (C=O) groups is 2. The van der Waals surface area contributed by atoms with E-state index in [0.29, 0.717) is 31.9 Å². The lowest BCUT2D eigenvalue weighted by Gasteiger charge is -2.28. The summed E-state index contributed by atoms with van der Waals surface area (Å²) >= 11 is 0. The summed E-state index contributed by atoms with van der Waals surface area (Å²) in [5.74, 6) is 0.811. The number of hydrogen-bond donors (Lipinski definition) is 0. The maximum Gasteiger partial charge on any atom is 0.410 e. The summed E-state index contributed by atoms with van der Waals surface area (Å²) in [5.41, 5.74) is 1.20. The third-order valence-electron chi connectivity index (χ3n) is 2.87. The molecule has 0 unspecified atom stereocenters. The van der Waals surface area contributed by atoms with Gasteiger partial charge in [-0.15, -0.1) is 0 Å². The molecule has 0 aromatic carbocycles. The second-order valence-electron chi connectivity index (χ2n) is 3.88. The molecule has 1 aliphatic heterocycles. The van der Waals surface area contributed by atoms with Crippen molar-refractivity contribution < 1.29 is 14.3 Å². The van der Waals surface area contributed by atoms with Gasteiger partial charge >= 0.3 is 6.09 Å². The molecule has 1 aromatic rings. The topological polar surface area (TPSA) is 64.4 Å². The lowest BCUT2D eigenvalue weighted by atomic mass is 10.2. The first-order chi connectivity index (χ1) is 8.17. The molecule has 2 rings (SSSR count). The zero-order chi connectivity index (χ0) is 12.4. The smallest absolute Gasteiger partial charge is 0.410 e. The minimum Gasteiger partial charge on any atom is -0.450 e. The monoisotopic (exact) mass is 237 g/mol. The number of aryl methyl sites for hydroxylation is 1.